The number of benzene rings is 1. The lowest BCUT2D eigenvalue weighted by Gasteiger charge is -2.27. The van der Waals surface area contributed by atoms with Crippen LogP contribution in [0.2, 0.25) is 0 Å². The Balaban J connectivity index is 2.32. The van der Waals surface area contributed by atoms with Crippen molar-refractivity contribution in [2.24, 2.45) is 5.92 Å². The van der Waals surface area contributed by atoms with Crippen LogP contribution >= 0.6 is 0 Å². The SMILES string of the molecule is CCC1(c2ccc(CC(C)C)cc2)O[C@@H](C(=O)OC)[C@H](C(=O)OC)O1. The average molecular weight is 350 g/mol. The van der Waals surface area contributed by atoms with Gasteiger partial charge in [0.05, 0.1) is 14.2 Å². The summed E-state index contributed by atoms with van der Waals surface area (Å²) in [6.07, 6.45) is -0.922. The van der Waals surface area contributed by atoms with E-state index in [1.54, 1.807) is 0 Å². The van der Waals surface area contributed by atoms with Crippen LogP contribution < -0.4 is 0 Å². The van der Waals surface area contributed by atoms with Crippen LogP contribution in [0.1, 0.15) is 38.3 Å². The molecule has 1 fully saturated rings. The van der Waals surface area contributed by atoms with Gasteiger partial charge in [0.15, 0.2) is 18.0 Å². The Kier molecular flexibility index (Phi) is 6.19. The van der Waals surface area contributed by atoms with Crippen LogP contribution in [0.3, 0.4) is 0 Å². The molecule has 1 aromatic carbocycles. The zero-order chi connectivity index (χ0) is 18.6. The molecule has 1 aliphatic heterocycles. The fraction of sp³-hybridized carbons (Fsp3) is 0.579. The molecule has 0 amide bonds. The first-order chi connectivity index (χ1) is 11.9. The maximum absolute atomic E-state index is 12.0. The van der Waals surface area contributed by atoms with Gasteiger partial charge >= 0.3 is 11.9 Å². The van der Waals surface area contributed by atoms with Crippen molar-refractivity contribution < 1.29 is 28.5 Å². The average Bonchev–Trinajstić information content (AvgIpc) is 3.01. The summed E-state index contributed by atoms with van der Waals surface area (Å²) >= 11 is 0. The molecular formula is C19H26O6. The van der Waals surface area contributed by atoms with E-state index >= 15 is 0 Å². The topological polar surface area (TPSA) is 71.1 Å². The maximum Gasteiger partial charge on any atom is 0.338 e. The van der Waals surface area contributed by atoms with Crippen molar-refractivity contribution in [1.29, 1.82) is 0 Å². The highest BCUT2D eigenvalue weighted by Crippen LogP contribution is 2.41. The highest BCUT2D eigenvalue weighted by Gasteiger charge is 2.54. The number of methoxy groups -OCH3 is 2. The number of carbonyl (C=O) groups is 2. The third-order valence-electron chi connectivity index (χ3n) is 4.28. The van der Waals surface area contributed by atoms with Gasteiger partial charge in [0.25, 0.3) is 0 Å². The summed E-state index contributed by atoms with van der Waals surface area (Å²) < 4.78 is 21.3. The van der Waals surface area contributed by atoms with E-state index in [9.17, 15) is 9.59 Å². The molecule has 25 heavy (non-hydrogen) atoms. The van der Waals surface area contributed by atoms with Gasteiger partial charge in [0.2, 0.25) is 0 Å². The molecule has 1 saturated heterocycles. The molecule has 0 spiro atoms. The molecule has 1 aliphatic rings. The largest absolute Gasteiger partial charge is 0.467 e. The Morgan fingerprint density at radius 2 is 1.52 bits per heavy atom. The molecular weight excluding hydrogens is 324 g/mol. The van der Waals surface area contributed by atoms with E-state index < -0.39 is 29.9 Å². The van der Waals surface area contributed by atoms with Gasteiger partial charge < -0.3 is 18.9 Å². The van der Waals surface area contributed by atoms with E-state index in [0.717, 1.165) is 12.0 Å². The number of ether oxygens (including phenoxy) is 4. The minimum absolute atomic E-state index is 0.428. The second-order valence-electron chi connectivity index (χ2n) is 6.52. The predicted molar refractivity (Wildman–Crippen MR) is 90.7 cm³/mol. The first-order valence-corrected chi connectivity index (χ1v) is 8.47. The van der Waals surface area contributed by atoms with Crippen molar-refractivity contribution in [3.8, 4) is 0 Å². The molecule has 138 valence electrons. The van der Waals surface area contributed by atoms with Crippen molar-refractivity contribution in [2.75, 3.05) is 14.2 Å². The first kappa shape index (κ1) is 19.4. The minimum Gasteiger partial charge on any atom is -0.467 e. The Morgan fingerprint density at radius 1 is 1.04 bits per heavy atom. The monoisotopic (exact) mass is 350 g/mol. The van der Waals surface area contributed by atoms with Crippen LogP contribution in [0.5, 0.6) is 0 Å². The fourth-order valence-corrected chi connectivity index (χ4v) is 3.01. The van der Waals surface area contributed by atoms with Gasteiger partial charge in [0.1, 0.15) is 0 Å². The highest BCUT2D eigenvalue weighted by molar-refractivity contribution is 5.86. The Labute approximate surface area is 148 Å². The zero-order valence-corrected chi connectivity index (χ0v) is 15.4. The van der Waals surface area contributed by atoms with E-state index in [1.807, 2.05) is 31.2 Å². The molecule has 1 aromatic rings. The molecule has 0 saturated carbocycles. The van der Waals surface area contributed by atoms with Gasteiger partial charge in [-0.15, -0.1) is 0 Å². The number of rotatable bonds is 6. The lowest BCUT2D eigenvalue weighted by Crippen LogP contribution is -2.38. The van der Waals surface area contributed by atoms with Crippen LogP contribution in [0.25, 0.3) is 0 Å². The summed E-state index contributed by atoms with van der Waals surface area (Å²) in [6.45, 7) is 6.19. The lowest BCUT2D eigenvalue weighted by molar-refractivity contribution is -0.196. The van der Waals surface area contributed by atoms with Crippen LogP contribution in [0.4, 0.5) is 0 Å². The van der Waals surface area contributed by atoms with E-state index in [2.05, 4.69) is 13.8 Å². The number of hydrogen-bond donors (Lipinski definition) is 0. The third-order valence-corrected chi connectivity index (χ3v) is 4.28. The van der Waals surface area contributed by atoms with Gasteiger partial charge in [-0.1, -0.05) is 45.0 Å². The van der Waals surface area contributed by atoms with Gasteiger partial charge in [-0.3, -0.25) is 0 Å². The van der Waals surface area contributed by atoms with Crippen molar-refractivity contribution in [3.63, 3.8) is 0 Å². The van der Waals surface area contributed by atoms with Crippen LogP contribution in [-0.4, -0.2) is 38.4 Å². The molecule has 6 heteroatoms. The third kappa shape index (κ3) is 4.02. The number of esters is 2. The van der Waals surface area contributed by atoms with Crippen molar-refractivity contribution >= 4 is 11.9 Å². The summed E-state index contributed by atoms with van der Waals surface area (Å²) in [5, 5.41) is 0. The first-order valence-electron chi connectivity index (χ1n) is 8.47. The van der Waals surface area contributed by atoms with E-state index in [4.69, 9.17) is 18.9 Å². The summed E-state index contributed by atoms with van der Waals surface area (Å²) in [6, 6.07) is 7.85. The smallest absolute Gasteiger partial charge is 0.338 e. The van der Waals surface area contributed by atoms with E-state index in [0.29, 0.717) is 12.3 Å². The van der Waals surface area contributed by atoms with E-state index in [-0.39, 0.29) is 0 Å². The number of hydrogen-bond acceptors (Lipinski definition) is 6. The van der Waals surface area contributed by atoms with Gasteiger partial charge in [-0.2, -0.15) is 0 Å². The molecule has 0 bridgehead atoms. The molecule has 1 heterocycles. The van der Waals surface area contributed by atoms with Crippen LogP contribution in [0.15, 0.2) is 24.3 Å². The summed E-state index contributed by atoms with van der Waals surface area (Å²) in [4.78, 5) is 24.0. The van der Waals surface area contributed by atoms with Crippen LogP contribution in [0, 0.1) is 5.92 Å². The molecule has 2 atom stereocenters. The summed E-state index contributed by atoms with van der Waals surface area (Å²) in [5.41, 5.74) is 1.96. The number of carbonyl (C=O) groups excluding carboxylic acids is 2. The van der Waals surface area contributed by atoms with Gasteiger partial charge in [-0.05, 0) is 17.9 Å². The molecule has 0 N–H and O–H groups in total. The van der Waals surface area contributed by atoms with Gasteiger partial charge in [-0.25, -0.2) is 9.59 Å². The molecule has 0 unspecified atom stereocenters. The van der Waals surface area contributed by atoms with Crippen molar-refractivity contribution in [2.45, 2.75) is 51.6 Å². The molecule has 0 aliphatic carbocycles. The summed E-state index contributed by atoms with van der Waals surface area (Å²) in [7, 11) is 2.49. The molecule has 6 nitrogen and oxygen atoms in total. The molecule has 0 radical (unpaired) electrons. The Hall–Kier alpha value is -1.92. The fourth-order valence-electron chi connectivity index (χ4n) is 3.01. The van der Waals surface area contributed by atoms with E-state index in [1.165, 1.54) is 19.8 Å². The van der Waals surface area contributed by atoms with Crippen molar-refractivity contribution in [3.05, 3.63) is 35.4 Å². The quantitative estimate of drug-likeness (QED) is 0.735. The Bertz CT molecular complexity index is 583. The normalized spacial score (nSPS) is 22.0. The highest BCUT2D eigenvalue weighted by atomic mass is 16.8. The molecule has 0 aromatic heterocycles. The standard InChI is InChI=1S/C19H26O6/c1-6-19(14-9-7-13(8-10-14)11-12(2)3)24-15(17(20)22-4)16(25-19)18(21)23-5/h7-10,12,15-16H,6,11H2,1-5H3/t15-,16-/m1/s1. The predicted octanol–water partition coefficient (Wildman–Crippen LogP) is 2.58. The lowest BCUT2D eigenvalue weighted by atomic mass is 9.98. The molecule has 2 rings (SSSR count). The second kappa shape index (κ2) is 7.97. The second-order valence-corrected chi connectivity index (χ2v) is 6.52. The summed E-state index contributed by atoms with van der Waals surface area (Å²) in [5.74, 6) is -1.96. The van der Waals surface area contributed by atoms with Gasteiger partial charge in [0, 0.05) is 12.0 Å². The maximum atomic E-state index is 12.0. The minimum atomic E-state index is -1.19. The zero-order valence-electron chi connectivity index (χ0n) is 15.4. The Morgan fingerprint density at radius 3 is 1.88 bits per heavy atom. The van der Waals surface area contributed by atoms with Crippen LogP contribution in [-0.2, 0) is 40.7 Å². The van der Waals surface area contributed by atoms with Crippen molar-refractivity contribution in [1.82, 2.24) is 0 Å².